The Balaban J connectivity index is 2.08. The Kier molecular flexibility index (Phi) is 4.99. The fourth-order valence-electron chi connectivity index (χ4n) is 3.55. The second-order valence-electron chi connectivity index (χ2n) is 6.58. The van der Waals surface area contributed by atoms with Crippen molar-refractivity contribution in [1.29, 1.82) is 0 Å². The van der Waals surface area contributed by atoms with Gasteiger partial charge in [-0.25, -0.2) is 0 Å². The molecular weight excluding hydrogens is 342 g/mol. The molecule has 0 aliphatic heterocycles. The van der Waals surface area contributed by atoms with Crippen molar-refractivity contribution in [2.24, 2.45) is 0 Å². The maximum Gasteiger partial charge on any atom is 0.274 e. The minimum absolute atomic E-state index is 0.00635. The predicted molar refractivity (Wildman–Crippen MR) is 108 cm³/mol. The normalized spacial score (nSPS) is 11.0. The number of aromatic nitrogens is 1. The van der Waals surface area contributed by atoms with Gasteiger partial charge in [-0.3, -0.25) is 14.9 Å². The van der Waals surface area contributed by atoms with Gasteiger partial charge < -0.3 is 9.88 Å². The molecule has 140 valence electrons. The van der Waals surface area contributed by atoms with E-state index < -0.39 is 4.92 Å². The number of fused-ring (bicyclic) bond motifs is 1. The number of hydrogen-bond donors (Lipinski definition) is 1. The molecule has 0 spiro atoms. The van der Waals surface area contributed by atoms with Crippen LogP contribution in [0.3, 0.4) is 0 Å². The van der Waals surface area contributed by atoms with Crippen molar-refractivity contribution in [1.82, 2.24) is 4.57 Å². The summed E-state index contributed by atoms with van der Waals surface area (Å²) >= 11 is 0. The second kappa shape index (κ2) is 7.23. The summed E-state index contributed by atoms with van der Waals surface area (Å²) in [6.45, 7) is 8.35. The Bertz CT molecular complexity index is 1050. The van der Waals surface area contributed by atoms with Crippen molar-refractivity contribution < 1.29 is 9.72 Å². The summed E-state index contributed by atoms with van der Waals surface area (Å²) in [6.07, 6.45) is 0.932. The average Bonchev–Trinajstić information content (AvgIpc) is 2.94. The molecule has 1 N–H and O–H groups in total. The maximum atomic E-state index is 13.1. The van der Waals surface area contributed by atoms with Crippen LogP contribution in [0.25, 0.3) is 10.9 Å². The minimum Gasteiger partial charge on any atom is -0.337 e. The number of nitro benzene ring substituents is 1. The molecule has 0 saturated heterocycles. The third kappa shape index (κ3) is 3.18. The van der Waals surface area contributed by atoms with Crippen molar-refractivity contribution in [3.8, 4) is 0 Å². The Morgan fingerprint density at radius 3 is 2.52 bits per heavy atom. The number of rotatable bonds is 5. The number of benzene rings is 2. The van der Waals surface area contributed by atoms with E-state index in [1.807, 2.05) is 18.4 Å². The maximum absolute atomic E-state index is 13.1. The molecule has 0 fully saturated rings. The van der Waals surface area contributed by atoms with Crippen LogP contribution < -0.4 is 5.32 Å². The zero-order chi connectivity index (χ0) is 19.7. The summed E-state index contributed by atoms with van der Waals surface area (Å²) in [5.74, 6) is -0.257. The zero-order valence-electron chi connectivity index (χ0n) is 16.0. The van der Waals surface area contributed by atoms with Gasteiger partial charge in [-0.05, 0) is 56.5 Å². The van der Waals surface area contributed by atoms with E-state index in [4.69, 9.17) is 0 Å². The molecule has 3 rings (SSSR count). The van der Waals surface area contributed by atoms with Crippen molar-refractivity contribution >= 4 is 28.2 Å². The first-order chi connectivity index (χ1) is 12.9. The molecule has 6 nitrogen and oxygen atoms in total. The first-order valence-corrected chi connectivity index (χ1v) is 9.06. The van der Waals surface area contributed by atoms with Gasteiger partial charge in [-0.15, -0.1) is 0 Å². The summed E-state index contributed by atoms with van der Waals surface area (Å²) in [7, 11) is 0. The highest BCUT2D eigenvalue weighted by atomic mass is 16.6. The van der Waals surface area contributed by atoms with E-state index in [1.54, 1.807) is 19.1 Å². The van der Waals surface area contributed by atoms with Crippen LogP contribution in [0.1, 0.15) is 41.0 Å². The van der Waals surface area contributed by atoms with Crippen LogP contribution in [-0.2, 0) is 13.0 Å². The molecule has 0 radical (unpaired) electrons. The largest absolute Gasteiger partial charge is 0.337 e. The monoisotopic (exact) mass is 365 g/mol. The summed E-state index contributed by atoms with van der Waals surface area (Å²) in [4.78, 5) is 23.8. The van der Waals surface area contributed by atoms with Crippen molar-refractivity contribution in [2.75, 3.05) is 5.32 Å². The van der Waals surface area contributed by atoms with Gasteiger partial charge in [0.25, 0.3) is 11.6 Å². The van der Waals surface area contributed by atoms with E-state index >= 15 is 0 Å². The number of nitro groups is 1. The van der Waals surface area contributed by atoms with Gasteiger partial charge in [0.05, 0.1) is 16.2 Å². The quantitative estimate of drug-likeness (QED) is 0.510. The summed E-state index contributed by atoms with van der Waals surface area (Å²) in [5.41, 5.74) is 4.65. The molecule has 0 unspecified atom stereocenters. The van der Waals surface area contributed by atoms with Crippen molar-refractivity contribution in [2.45, 2.75) is 40.7 Å². The summed E-state index contributed by atoms with van der Waals surface area (Å²) in [6, 6.07) is 11.0. The third-order valence-corrected chi connectivity index (χ3v) is 5.07. The Morgan fingerprint density at radius 1 is 1.15 bits per heavy atom. The molecule has 0 aliphatic rings. The molecule has 0 aliphatic carbocycles. The number of hydrogen-bond acceptors (Lipinski definition) is 3. The van der Waals surface area contributed by atoms with E-state index in [0.29, 0.717) is 23.5 Å². The smallest absolute Gasteiger partial charge is 0.274 e. The number of nitrogens with one attached hydrogen (secondary N) is 1. The van der Waals surface area contributed by atoms with Crippen LogP contribution >= 0.6 is 0 Å². The zero-order valence-corrected chi connectivity index (χ0v) is 16.0. The average molecular weight is 365 g/mol. The fraction of sp³-hybridized carbons (Fsp3) is 0.286. The van der Waals surface area contributed by atoms with Crippen LogP contribution in [0.2, 0.25) is 0 Å². The number of carbonyl (C=O) groups excluding carboxylic acids is 1. The minimum atomic E-state index is -0.439. The summed E-state index contributed by atoms with van der Waals surface area (Å²) < 4.78 is 1.99. The van der Waals surface area contributed by atoms with Crippen LogP contribution in [0.4, 0.5) is 11.4 Å². The van der Waals surface area contributed by atoms with Crippen LogP contribution in [0, 0.1) is 24.0 Å². The highest BCUT2D eigenvalue weighted by molar-refractivity contribution is 6.08. The van der Waals surface area contributed by atoms with Crippen LogP contribution in [0.5, 0.6) is 0 Å². The lowest BCUT2D eigenvalue weighted by Gasteiger charge is -2.11. The number of carbonyl (C=O) groups is 1. The highest BCUT2D eigenvalue weighted by Gasteiger charge is 2.22. The molecule has 0 saturated carbocycles. The molecule has 3 aromatic rings. The van der Waals surface area contributed by atoms with Gasteiger partial charge in [0.1, 0.15) is 5.69 Å². The standard InChI is InChI=1S/C21H23N3O3/c1-5-15-10-11-19-16(12-15)13(3)20(23(19)6-2)21(25)22-17-8-7-9-18(14(17)4)24(26)27/h7-12H,5-6H2,1-4H3,(H,22,25). The molecule has 2 aromatic carbocycles. The first-order valence-electron chi connectivity index (χ1n) is 9.06. The van der Waals surface area contributed by atoms with E-state index in [9.17, 15) is 14.9 Å². The topological polar surface area (TPSA) is 77.2 Å². The van der Waals surface area contributed by atoms with E-state index in [1.165, 1.54) is 11.6 Å². The number of anilines is 1. The molecule has 0 bridgehead atoms. The first kappa shape index (κ1) is 18.6. The second-order valence-corrected chi connectivity index (χ2v) is 6.58. The number of amides is 1. The number of aryl methyl sites for hydroxylation is 3. The highest BCUT2D eigenvalue weighted by Crippen LogP contribution is 2.29. The molecule has 1 aromatic heterocycles. The number of nitrogens with zero attached hydrogens (tertiary/aromatic N) is 2. The van der Waals surface area contributed by atoms with Crippen LogP contribution in [0.15, 0.2) is 36.4 Å². The molecule has 1 heterocycles. The van der Waals surface area contributed by atoms with Crippen molar-refractivity contribution in [3.05, 3.63) is 68.9 Å². The van der Waals surface area contributed by atoms with Gasteiger partial charge in [0.2, 0.25) is 0 Å². The molecule has 27 heavy (non-hydrogen) atoms. The van der Waals surface area contributed by atoms with Gasteiger partial charge in [-0.1, -0.05) is 19.1 Å². The van der Waals surface area contributed by atoms with E-state index in [0.717, 1.165) is 22.9 Å². The van der Waals surface area contributed by atoms with Gasteiger partial charge in [0, 0.05) is 23.5 Å². The Morgan fingerprint density at radius 2 is 1.89 bits per heavy atom. The SMILES string of the molecule is CCc1ccc2c(c1)c(C)c(C(=O)Nc1cccc([N+](=O)[O-])c1C)n2CC. The van der Waals surface area contributed by atoms with Gasteiger partial charge >= 0.3 is 0 Å². The van der Waals surface area contributed by atoms with Gasteiger partial charge in [-0.2, -0.15) is 0 Å². The summed E-state index contributed by atoms with van der Waals surface area (Å²) in [5, 5.41) is 15.1. The van der Waals surface area contributed by atoms with Crippen molar-refractivity contribution in [3.63, 3.8) is 0 Å². The lowest BCUT2D eigenvalue weighted by molar-refractivity contribution is -0.385. The van der Waals surface area contributed by atoms with E-state index in [-0.39, 0.29) is 11.6 Å². The van der Waals surface area contributed by atoms with Gasteiger partial charge in [0.15, 0.2) is 0 Å². The Labute approximate surface area is 158 Å². The lowest BCUT2D eigenvalue weighted by Crippen LogP contribution is -2.18. The molecule has 6 heteroatoms. The molecule has 0 atom stereocenters. The predicted octanol–water partition coefficient (Wildman–Crippen LogP) is 5.00. The van der Waals surface area contributed by atoms with E-state index in [2.05, 4.69) is 30.4 Å². The third-order valence-electron chi connectivity index (χ3n) is 5.07. The van der Waals surface area contributed by atoms with Crippen LogP contribution in [-0.4, -0.2) is 15.4 Å². The fourth-order valence-corrected chi connectivity index (χ4v) is 3.55. The molecular formula is C21H23N3O3. The molecule has 1 amide bonds. The Hall–Kier alpha value is -3.15. The lowest BCUT2D eigenvalue weighted by atomic mass is 10.1.